The van der Waals surface area contributed by atoms with Gasteiger partial charge in [0, 0.05) is 17.5 Å². The largest absolute Gasteiger partial charge is 0.392 e. The molecule has 0 amide bonds. The molecule has 2 atom stereocenters. The second-order valence-electron chi connectivity index (χ2n) is 5.19. The van der Waals surface area contributed by atoms with Crippen molar-refractivity contribution in [3.05, 3.63) is 34.9 Å². The van der Waals surface area contributed by atoms with Gasteiger partial charge in [-0.25, -0.2) is 0 Å². The van der Waals surface area contributed by atoms with Crippen molar-refractivity contribution < 1.29 is 5.11 Å². The van der Waals surface area contributed by atoms with E-state index in [4.69, 9.17) is 17.3 Å². The van der Waals surface area contributed by atoms with Crippen LogP contribution in [-0.2, 0) is 0 Å². The van der Waals surface area contributed by atoms with E-state index in [1.807, 2.05) is 24.3 Å². The number of halogens is 1. The monoisotopic (exact) mass is 283 g/mol. The molecular formula is C16H26ClNO. The highest BCUT2D eigenvalue weighted by Gasteiger charge is 2.28. The Labute approximate surface area is 122 Å². The van der Waals surface area contributed by atoms with Gasteiger partial charge in [-0.05, 0) is 30.4 Å². The fourth-order valence-corrected chi connectivity index (χ4v) is 3.06. The van der Waals surface area contributed by atoms with Crippen molar-refractivity contribution in [2.24, 2.45) is 11.7 Å². The van der Waals surface area contributed by atoms with Crippen molar-refractivity contribution >= 4 is 11.6 Å². The van der Waals surface area contributed by atoms with Crippen molar-refractivity contribution in [3.63, 3.8) is 0 Å². The normalized spacial score (nSPS) is 14.6. The number of aliphatic hydroxyl groups is 1. The van der Waals surface area contributed by atoms with Crippen LogP contribution in [0.2, 0.25) is 5.02 Å². The van der Waals surface area contributed by atoms with Gasteiger partial charge in [-0.1, -0.05) is 56.5 Å². The van der Waals surface area contributed by atoms with Gasteiger partial charge in [0.05, 0.1) is 6.10 Å². The molecule has 0 spiro atoms. The Kier molecular flexibility index (Phi) is 7.44. The summed E-state index contributed by atoms with van der Waals surface area (Å²) >= 11 is 6.23. The fourth-order valence-electron chi connectivity index (χ4n) is 2.78. The molecule has 0 fully saturated rings. The van der Waals surface area contributed by atoms with Crippen molar-refractivity contribution in [1.82, 2.24) is 0 Å². The Balaban J connectivity index is 2.91. The van der Waals surface area contributed by atoms with Gasteiger partial charge < -0.3 is 10.8 Å². The Morgan fingerprint density at radius 3 is 2.21 bits per heavy atom. The molecule has 1 aromatic rings. The van der Waals surface area contributed by atoms with Crippen LogP contribution in [0.3, 0.4) is 0 Å². The lowest BCUT2D eigenvalue weighted by Gasteiger charge is -2.30. The van der Waals surface area contributed by atoms with Crippen molar-refractivity contribution in [2.45, 2.75) is 51.6 Å². The van der Waals surface area contributed by atoms with Gasteiger partial charge in [0.15, 0.2) is 0 Å². The Morgan fingerprint density at radius 2 is 1.74 bits per heavy atom. The molecule has 3 N–H and O–H groups in total. The number of rotatable bonds is 8. The molecule has 0 aliphatic rings. The van der Waals surface area contributed by atoms with E-state index in [0.29, 0.717) is 17.5 Å². The fraction of sp³-hybridized carbons (Fsp3) is 0.625. The van der Waals surface area contributed by atoms with Crippen molar-refractivity contribution in [2.75, 3.05) is 6.54 Å². The zero-order valence-corrected chi connectivity index (χ0v) is 12.7. The SMILES string of the molecule is CCCC(CCC)C(O)C(CN)c1ccccc1Cl. The standard InChI is InChI=1S/C16H26ClNO/c1-3-7-12(8-4-2)16(19)14(11-18)13-9-5-6-10-15(13)17/h5-6,9-10,12,14,16,19H,3-4,7-8,11,18H2,1-2H3. The summed E-state index contributed by atoms with van der Waals surface area (Å²) < 4.78 is 0. The van der Waals surface area contributed by atoms with Crippen LogP contribution in [0.15, 0.2) is 24.3 Å². The van der Waals surface area contributed by atoms with Gasteiger partial charge in [0.2, 0.25) is 0 Å². The van der Waals surface area contributed by atoms with E-state index < -0.39 is 6.10 Å². The average Bonchev–Trinajstić information content (AvgIpc) is 2.41. The lowest BCUT2D eigenvalue weighted by Crippen LogP contribution is -2.32. The summed E-state index contributed by atoms with van der Waals surface area (Å²) in [5.41, 5.74) is 6.85. The zero-order valence-electron chi connectivity index (χ0n) is 12.0. The van der Waals surface area contributed by atoms with Gasteiger partial charge >= 0.3 is 0 Å². The molecule has 108 valence electrons. The van der Waals surface area contributed by atoms with E-state index in [-0.39, 0.29) is 5.92 Å². The summed E-state index contributed by atoms with van der Waals surface area (Å²) in [5, 5.41) is 11.4. The van der Waals surface area contributed by atoms with Crippen LogP contribution in [0.1, 0.15) is 51.0 Å². The molecule has 0 saturated heterocycles. The van der Waals surface area contributed by atoms with Gasteiger partial charge in [-0.15, -0.1) is 0 Å². The molecule has 0 aliphatic carbocycles. The van der Waals surface area contributed by atoms with Crippen LogP contribution in [0.25, 0.3) is 0 Å². The van der Waals surface area contributed by atoms with E-state index in [0.717, 1.165) is 31.2 Å². The average molecular weight is 284 g/mol. The number of benzene rings is 1. The maximum atomic E-state index is 10.7. The maximum Gasteiger partial charge on any atom is 0.0649 e. The molecule has 2 unspecified atom stereocenters. The van der Waals surface area contributed by atoms with Crippen LogP contribution in [0.4, 0.5) is 0 Å². The predicted octanol–water partition coefficient (Wildman–Crippen LogP) is 3.96. The quantitative estimate of drug-likeness (QED) is 0.758. The van der Waals surface area contributed by atoms with E-state index >= 15 is 0 Å². The minimum atomic E-state index is -0.412. The summed E-state index contributed by atoms with van der Waals surface area (Å²) in [4.78, 5) is 0. The van der Waals surface area contributed by atoms with Gasteiger partial charge in [0.1, 0.15) is 0 Å². The van der Waals surface area contributed by atoms with Gasteiger partial charge in [-0.3, -0.25) is 0 Å². The molecule has 0 radical (unpaired) electrons. The third-order valence-electron chi connectivity index (χ3n) is 3.77. The van der Waals surface area contributed by atoms with Crippen LogP contribution < -0.4 is 5.73 Å². The molecule has 19 heavy (non-hydrogen) atoms. The topological polar surface area (TPSA) is 46.2 Å². The van der Waals surface area contributed by atoms with Crippen molar-refractivity contribution in [3.8, 4) is 0 Å². The Morgan fingerprint density at radius 1 is 1.16 bits per heavy atom. The number of hydrogen-bond acceptors (Lipinski definition) is 2. The number of aliphatic hydroxyl groups excluding tert-OH is 1. The second kappa shape index (κ2) is 8.57. The molecule has 1 aromatic carbocycles. The first-order chi connectivity index (χ1) is 9.15. The minimum Gasteiger partial charge on any atom is -0.392 e. The third-order valence-corrected chi connectivity index (χ3v) is 4.12. The van der Waals surface area contributed by atoms with Crippen LogP contribution >= 0.6 is 11.6 Å². The summed E-state index contributed by atoms with van der Waals surface area (Å²) in [6, 6.07) is 7.69. The van der Waals surface area contributed by atoms with Gasteiger partial charge in [-0.2, -0.15) is 0 Å². The Bertz CT molecular complexity index is 364. The lowest BCUT2D eigenvalue weighted by atomic mass is 9.81. The first-order valence-corrected chi connectivity index (χ1v) is 7.66. The smallest absolute Gasteiger partial charge is 0.0649 e. The number of nitrogens with two attached hydrogens (primary N) is 1. The summed E-state index contributed by atoms with van der Waals surface area (Å²) in [5.74, 6) is 0.233. The molecule has 2 nitrogen and oxygen atoms in total. The molecule has 3 heteroatoms. The molecule has 0 aromatic heterocycles. The number of hydrogen-bond donors (Lipinski definition) is 2. The van der Waals surface area contributed by atoms with E-state index in [1.54, 1.807) is 0 Å². The molecule has 1 rings (SSSR count). The summed E-state index contributed by atoms with van der Waals surface area (Å²) in [6.45, 7) is 4.74. The van der Waals surface area contributed by atoms with Crippen LogP contribution in [0.5, 0.6) is 0 Å². The minimum absolute atomic E-state index is 0.0724. The molecule has 0 heterocycles. The lowest BCUT2D eigenvalue weighted by molar-refractivity contribution is 0.0722. The molecule has 0 aliphatic heterocycles. The summed E-state index contributed by atoms with van der Waals surface area (Å²) in [7, 11) is 0. The van der Waals surface area contributed by atoms with E-state index in [1.165, 1.54) is 0 Å². The van der Waals surface area contributed by atoms with Crippen molar-refractivity contribution in [1.29, 1.82) is 0 Å². The first kappa shape index (κ1) is 16.5. The Hall–Kier alpha value is -0.570. The highest BCUT2D eigenvalue weighted by atomic mass is 35.5. The highest BCUT2D eigenvalue weighted by Crippen LogP contribution is 2.32. The molecule has 0 bridgehead atoms. The van der Waals surface area contributed by atoms with Crippen LogP contribution in [-0.4, -0.2) is 17.8 Å². The van der Waals surface area contributed by atoms with E-state index in [2.05, 4.69) is 13.8 Å². The van der Waals surface area contributed by atoms with Crippen LogP contribution in [0, 0.1) is 5.92 Å². The maximum absolute atomic E-state index is 10.7. The molecular weight excluding hydrogens is 258 g/mol. The predicted molar refractivity (Wildman–Crippen MR) is 82.6 cm³/mol. The third kappa shape index (κ3) is 4.48. The second-order valence-corrected chi connectivity index (χ2v) is 5.60. The summed E-state index contributed by atoms with van der Waals surface area (Å²) in [6.07, 6.45) is 3.83. The van der Waals surface area contributed by atoms with Gasteiger partial charge in [0.25, 0.3) is 0 Å². The first-order valence-electron chi connectivity index (χ1n) is 7.28. The zero-order chi connectivity index (χ0) is 14.3. The molecule has 0 saturated carbocycles. The van der Waals surface area contributed by atoms with E-state index in [9.17, 15) is 5.11 Å². The highest BCUT2D eigenvalue weighted by molar-refractivity contribution is 6.31.